The number of carbonyl (C=O) groups is 1. The molecule has 0 aromatic heterocycles. The van der Waals surface area contributed by atoms with Crippen LogP contribution in [0.4, 0.5) is 0 Å². The number of amides is 1. The number of carbonyl (C=O) groups excluding carboxylic acids is 1. The summed E-state index contributed by atoms with van der Waals surface area (Å²) < 4.78 is 5.17. The molecular weight excluding hydrogens is 563 g/mol. The number of alkyl halides is 1. The Bertz CT molecular complexity index is 963. The normalized spacial score (nSPS) is 17.8. The maximum atomic E-state index is 13.4. The molecule has 0 saturated heterocycles. The molecule has 0 aliphatic heterocycles. The fraction of sp³-hybridized carbons (Fsp3) is 0.567. The quantitative estimate of drug-likeness (QED) is 0.154. The van der Waals surface area contributed by atoms with E-state index in [1.165, 1.54) is 32.1 Å². The highest BCUT2D eigenvalue weighted by atomic mass is 127. The van der Waals surface area contributed by atoms with Gasteiger partial charge in [-0.3, -0.25) is 4.79 Å². The SMILES string of the molecule is CNCC(CC1CCCCC1)NC(=O)c1cccc([C@](O)(c2ccccc2C)C(I)CCCOC)c1. The van der Waals surface area contributed by atoms with Crippen LogP contribution in [0.2, 0.25) is 0 Å². The monoisotopic (exact) mass is 606 g/mol. The van der Waals surface area contributed by atoms with Gasteiger partial charge in [0, 0.05) is 35.8 Å². The van der Waals surface area contributed by atoms with Crippen LogP contribution in [0.15, 0.2) is 48.5 Å². The molecule has 0 bridgehead atoms. The van der Waals surface area contributed by atoms with Crippen molar-refractivity contribution in [3.05, 3.63) is 70.8 Å². The van der Waals surface area contributed by atoms with Crippen molar-refractivity contribution in [2.75, 3.05) is 27.3 Å². The molecule has 0 heterocycles. The Labute approximate surface area is 230 Å². The predicted molar refractivity (Wildman–Crippen MR) is 156 cm³/mol. The van der Waals surface area contributed by atoms with E-state index in [1.54, 1.807) is 7.11 Å². The lowest BCUT2D eigenvalue weighted by Crippen LogP contribution is -2.43. The standard InChI is InChI=1S/C30H43IN2O3/c1-22-11-7-8-16-27(22)30(35,28(31)17-10-18-36-3)25-15-9-14-24(20-25)29(34)33-26(21-32-2)19-23-12-5-4-6-13-23/h7-9,11,14-16,20,23,26,28,32,35H,4-6,10,12-13,17-19,21H2,1-3H3,(H,33,34)/t26?,28?,30-/m0/s1. The minimum atomic E-state index is -1.22. The lowest BCUT2D eigenvalue weighted by Gasteiger charge is -2.36. The highest BCUT2D eigenvalue weighted by Gasteiger charge is 2.40. The second kappa shape index (κ2) is 14.5. The predicted octanol–water partition coefficient (Wildman–Crippen LogP) is 5.75. The van der Waals surface area contributed by atoms with Crippen molar-refractivity contribution < 1.29 is 14.6 Å². The number of ether oxygens (including phenoxy) is 1. The van der Waals surface area contributed by atoms with E-state index in [4.69, 9.17) is 4.74 Å². The van der Waals surface area contributed by atoms with Crippen molar-refractivity contribution in [1.82, 2.24) is 10.6 Å². The van der Waals surface area contributed by atoms with Gasteiger partial charge >= 0.3 is 0 Å². The molecule has 2 unspecified atom stereocenters. The number of nitrogens with one attached hydrogen (secondary N) is 2. The van der Waals surface area contributed by atoms with Crippen LogP contribution in [0.5, 0.6) is 0 Å². The fourth-order valence-corrected chi connectivity index (χ4v) is 6.69. The Morgan fingerprint density at radius 1 is 1.17 bits per heavy atom. The van der Waals surface area contributed by atoms with Gasteiger partial charge < -0.3 is 20.5 Å². The summed E-state index contributed by atoms with van der Waals surface area (Å²) in [5.41, 5.74) is 2.03. The number of hydrogen-bond acceptors (Lipinski definition) is 4. The van der Waals surface area contributed by atoms with E-state index < -0.39 is 5.60 Å². The van der Waals surface area contributed by atoms with Gasteiger partial charge in [-0.1, -0.05) is 91.1 Å². The van der Waals surface area contributed by atoms with Gasteiger partial charge in [-0.2, -0.15) is 0 Å². The summed E-state index contributed by atoms with van der Waals surface area (Å²) in [6.07, 6.45) is 9.10. The molecule has 3 N–H and O–H groups in total. The summed E-state index contributed by atoms with van der Waals surface area (Å²) in [5, 5.41) is 18.8. The Balaban J connectivity index is 1.86. The lowest BCUT2D eigenvalue weighted by atomic mass is 9.79. The molecule has 1 saturated carbocycles. The molecule has 3 rings (SSSR count). The fourth-order valence-electron chi connectivity index (χ4n) is 5.55. The minimum Gasteiger partial charge on any atom is -0.385 e. The van der Waals surface area contributed by atoms with Crippen LogP contribution in [-0.4, -0.2) is 48.3 Å². The molecule has 0 radical (unpaired) electrons. The molecule has 1 amide bonds. The smallest absolute Gasteiger partial charge is 0.251 e. The first kappa shape index (κ1) is 29.1. The van der Waals surface area contributed by atoms with Gasteiger partial charge in [0.2, 0.25) is 0 Å². The first-order valence-corrected chi connectivity index (χ1v) is 14.6. The Hall–Kier alpha value is -1.48. The van der Waals surface area contributed by atoms with E-state index in [2.05, 4.69) is 33.2 Å². The molecule has 198 valence electrons. The number of hydrogen-bond donors (Lipinski definition) is 3. The first-order valence-electron chi connectivity index (χ1n) is 13.4. The van der Waals surface area contributed by atoms with Crippen LogP contribution < -0.4 is 10.6 Å². The van der Waals surface area contributed by atoms with E-state index in [0.29, 0.717) is 18.1 Å². The van der Waals surface area contributed by atoms with Crippen LogP contribution in [-0.2, 0) is 10.3 Å². The van der Waals surface area contributed by atoms with Gasteiger partial charge in [-0.15, -0.1) is 0 Å². The summed E-state index contributed by atoms with van der Waals surface area (Å²) in [5.74, 6) is 0.603. The molecule has 1 aliphatic carbocycles. The maximum Gasteiger partial charge on any atom is 0.251 e. The molecule has 0 spiro atoms. The number of likely N-dealkylation sites (N-methyl/N-ethyl adjacent to an activating group) is 1. The third-order valence-electron chi connectivity index (χ3n) is 7.51. The zero-order chi connectivity index (χ0) is 26.0. The highest BCUT2D eigenvalue weighted by Crippen LogP contribution is 2.41. The highest BCUT2D eigenvalue weighted by molar-refractivity contribution is 14.1. The molecule has 6 heteroatoms. The van der Waals surface area contributed by atoms with E-state index in [1.807, 2.05) is 62.5 Å². The Morgan fingerprint density at radius 3 is 2.61 bits per heavy atom. The first-order chi connectivity index (χ1) is 17.4. The lowest BCUT2D eigenvalue weighted by molar-refractivity contribution is 0.0760. The van der Waals surface area contributed by atoms with Gasteiger partial charge in [-0.25, -0.2) is 0 Å². The third-order valence-corrected chi connectivity index (χ3v) is 9.03. The average Bonchev–Trinajstić information content (AvgIpc) is 2.89. The zero-order valence-electron chi connectivity index (χ0n) is 22.1. The van der Waals surface area contributed by atoms with Crippen molar-refractivity contribution in [2.24, 2.45) is 5.92 Å². The molecule has 36 heavy (non-hydrogen) atoms. The number of aliphatic hydroxyl groups is 1. The van der Waals surface area contributed by atoms with Crippen LogP contribution in [0, 0.1) is 12.8 Å². The molecule has 1 fully saturated rings. The number of halogens is 1. The molecule has 3 atom stereocenters. The van der Waals surface area contributed by atoms with E-state index in [0.717, 1.165) is 42.5 Å². The van der Waals surface area contributed by atoms with Crippen molar-refractivity contribution in [2.45, 2.75) is 73.9 Å². The number of rotatable bonds is 13. The topological polar surface area (TPSA) is 70.6 Å². The number of benzene rings is 2. The van der Waals surface area contributed by atoms with Crippen molar-refractivity contribution in [3.63, 3.8) is 0 Å². The van der Waals surface area contributed by atoms with Gasteiger partial charge in [0.25, 0.3) is 5.91 Å². The number of aryl methyl sites for hydroxylation is 1. The van der Waals surface area contributed by atoms with E-state index >= 15 is 0 Å². The van der Waals surface area contributed by atoms with E-state index in [-0.39, 0.29) is 15.9 Å². The van der Waals surface area contributed by atoms with Gasteiger partial charge in [-0.05, 0) is 68.0 Å². The van der Waals surface area contributed by atoms with Crippen molar-refractivity contribution >= 4 is 28.5 Å². The minimum absolute atomic E-state index is 0.0792. The summed E-state index contributed by atoms with van der Waals surface area (Å²) in [6, 6.07) is 15.6. The van der Waals surface area contributed by atoms with Gasteiger partial charge in [0.1, 0.15) is 5.60 Å². The molecular formula is C30H43IN2O3. The van der Waals surface area contributed by atoms with Crippen LogP contribution in [0.1, 0.15) is 78.4 Å². The summed E-state index contributed by atoms with van der Waals surface area (Å²) in [6.45, 7) is 3.44. The third kappa shape index (κ3) is 7.53. The average molecular weight is 607 g/mol. The molecule has 2 aromatic rings. The largest absolute Gasteiger partial charge is 0.385 e. The summed E-state index contributed by atoms with van der Waals surface area (Å²) in [4.78, 5) is 13.4. The van der Waals surface area contributed by atoms with Crippen molar-refractivity contribution in [3.8, 4) is 0 Å². The van der Waals surface area contributed by atoms with Crippen LogP contribution >= 0.6 is 22.6 Å². The van der Waals surface area contributed by atoms with Crippen LogP contribution in [0.25, 0.3) is 0 Å². The van der Waals surface area contributed by atoms with Gasteiger partial charge in [0.15, 0.2) is 0 Å². The molecule has 1 aliphatic rings. The van der Waals surface area contributed by atoms with Gasteiger partial charge in [0.05, 0.1) is 0 Å². The molecule has 5 nitrogen and oxygen atoms in total. The summed E-state index contributed by atoms with van der Waals surface area (Å²) >= 11 is 2.36. The number of methoxy groups -OCH3 is 1. The zero-order valence-corrected chi connectivity index (χ0v) is 24.2. The Kier molecular flexibility index (Phi) is 11.7. The Morgan fingerprint density at radius 2 is 1.92 bits per heavy atom. The maximum absolute atomic E-state index is 13.4. The van der Waals surface area contributed by atoms with Crippen LogP contribution in [0.3, 0.4) is 0 Å². The second-order valence-corrected chi connectivity index (χ2v) is 11.7. The van der Waals surface area contributed by atoms with E-state index in [9.17, 15) is 9.90 Å². The second-order valence-electron chi connectivity index (χ2n) is 10.2. The summed E-state index contributed by atoms with van der Waals surface area (Å²) in [7, 11) is 3.64. The molecule has 2 aromatic carbocycles. The van der Waals surface area contributed by atoms with Crippen molar-refractivity contribution in [1.29, 1.82) is 0 Å².